The minimum absolute atomic E-state index is 0.158. The van der Waals surface area contributed by atoms with Crippen molar-refractivity contribution in [2.45, 2.75) is 33.2 Å². The van der Waals surface area contributed by atoms with Gasteiger partial charge in [-0.15, -0.1) is 0 Å². The van der Waals surface area contributed by atoms with Crippen molar-refractivity contribution in [2.24, 2.45) is 0 Å². The van der Waals surface area contributed by atoms with Crippen LogP contribution in [0.3, 0.4) is 0 Å². The second-order valence-electron chi connectivity index (χ2n) is 5.10. The molecule has 0 aliphatic carbocycles. The van der Waals surface area contributed by atoms with E-state index >= 15 is 0 Å². The molecule has 90 valence electrons. The van der Waals surface area contributed by atoms with Gasteiger partial charge < -0.3 is 15.7 Å². The van der Waals surface area contributed by atoms with E-state index in [2.05, 4.69) is 31.4 Å². The van der Waals surface area contributed by atoms with Gasteiger partial charge in [-0.05, 0) is 51.5 Å². The molecule has 0 saturated carbocycles. The van der Waals surface area contributed by atoms with E-state index in [1.54, 1.807) is 12.1 Å². The van der Waals surface area contributed by atoms with Crippen molar-refractivity contribution in [2.75, 3.05) is 18.4 Å². The van der Waals surface area contributed by atoms with Crippen LogP contribution in [0.2, 0.25) is 0 Å². The Morgan fingerprint density at radius 3 is 2.44 bits per heavy atom. The van der Waals surface area contributed by atoms with Gasteiger partial charge in [0.1, 0.15) is 5.75 Å². The van der Waals surface area contributed by atoms with Gasteiger partial charge in [-0.3, -0.25) is 0 Å². The van der Waals surface area contributed by atoms with Crippen LogP contribution in [0.1, 0.15) is 26.3 Å². The highest BCUT2D eigenvalue weighted by molar-refractivity contribution is 5.53. The topological polar surface area (TPSA) is 44.3 Å². The molecule has 0 bridgehead atoms. The summed E-state index contributed by atoms with van der Waals surface area (Å²) in [5.74, 6) is 0.316. The van der Waals surface area contributed by atoms with Gasteiger partial charge in [0.25, 0.3) is 0 Å². The van der Waals surface area contributed by atoms with Crippen molar-refractivity contribution >= 4 is 5.69 Å². The summed E-state index contributed by atoms with van der Waals surface area (Å²) in [6.45, 7) is 10.2. The van der Waals surface area contributed by atoms with Crippen molar-refractivity contribution in [3.63, 3.8) is 0 Å². The lowest BCUT2D eigenvalue weighted by Gasteiger charge is -2.21. The molecule has 1 aromatic rings. The highest BCUT2D eigenvalue weighted by atomic mass is 16.3. The van der Waals surface area contributed by atoms with Crippen molar-refractivity contribution < 1.29 is 5.11 Å². The Balaban J connectivity index is 2.38. The summed E-state index contributed by atoms with van der Waals surface area (Å²) in [4.78, 5) is 0. The van der Waals surface area contributed by atoms with Gasteiger partial charge in [0.2, 0.25) is 0 Å². The van der Waals surface area contributed by atoms with Crippen molar-refractivity contribution in [3.05, 3.63) is 23.8 Å². The van der Waals surface area contributed by atoms with Gasteiger partial charge in [0.05, 0.1) is 0 Å². The first kappa shape index (κ1) is 12.8. The van der Waals surface area contributed by atoms with E-state index in [1.165, 1.54) is 0 Å². The molecule has 0 amide bonds. The maximum Gasteiger partial charge on any atom is 0.115 e. The van der Waals surface area contributed by atoms with E-state index < -0.39 is 0 Å². The Morgan fingerprint density at radius 2 is 1.88 bits per heavy atom. The normalized spacial score (nSPS) is 11.5. The molecule has 1 rings (SSSR count). The number of hydrogen-bond acceptors (Lipinski definition) is 3. The highest BCUT2D eigenvalue weighted by Crippen LogP contribution is 2.19. The van der Waals surface area contributed by atoms with Crippen LogP contribution in [0.25, 0.3) is 0 Å². The fourth-order valence-electron chi connectivity index (χ4n) is 1.48. The maximum absolute atomic E-state index is 9.28. The Hall–Kier alpha value is -1.22. The van der Waals surface area contributed by atoms with Crippen LogP contribution in [-0.2, 0) is 0 Å². The van der Waals surface area contributed by atoms with Crippen LogP contribution in [0, 0.1) is 6.92 Å². The molecule has 0 fully saturated rings. The fraction of sp³-hybridized carbons (Fsp3) is 0.538. The lowest BCUT2D eigenvalue weighted by Crippen LogP contribution is -2.38. The van der Waals surface area contributed by atoms with Crippen LogP contribution in [0.4, 0.5) is 5.69 Å². The van der Waals surface area contributed by atoms with Crippen molar-refractivity contribution in [1.29, 1.82) is 0 Å². The van der Waals surface area contributed by atoms with Gasteiger partial charge in [0, 0.05) is 24.3 Å². The summed E-state index contributed by atoms with van der Waals surface area (Å²) in [6.07, 6.45) is 0. The summed E-state index contributed by atoms with van der Waals surface area (Å²) in [7, 11) is 0. The predicted octanol–water partition coefficient (Wildman–Crippen LogP) is 2.50. The third-order valence-electron chi connectivity index (χ3n) is 2.31. The number of phenols is 1. The molecule has 0 aliphatic heterocycles. The van der Waals surface area contributed by atoms with E-state index in [9.17, 15) is 5.11 Å². The van der Waals surface area contributed by atoms with Gasteiger partial charge in [-0.2, -0.15) is 0 Å². The van der Waals surface area contributed by atoms with Crippen LogP contribution in [-0.4, -0.2) is 23.7 Å². The molecule has 0 spiro atoms. The minimum Gasteiger partial charge on any atom is -0.508 e. The SMILES string of the molecule is Cc1cc(O)ccc1NCCNC(C)(C)C. The Kier molecular flexibility index (Phi) is 4.19. The second kappa shape index (κ2) is 5.21. The summed E-state index contributed by atoms with van der Waals surface area (Å²) in [5, 5.41) is 16.0. The third-order valence-corrected chi connectivity index (χ3v) is 2.31. The Labute approximate surface area is 97.9 Å². The number of rotatable bonds is 4. The summed E-state index contributed by atoms with van der Waals surface area (Å²) >= 11 is 0. The average Bonchev–Trinajstić information content (AvgIpc) is 2.13. The zero-order chi connectivity index (χ0) is 12.2. The average molecular weight is 222 g/mol. The van der Waals surface area contributed by atoms with Crippen molar-refractivity contribution in [1.82, 2.24) is 5.32 Å². The molecule has 0 atom stereocenters. The standard InChI is InChI=1S/C13H22N2O/c1-10-9-11(16)5-6-12(10)14-7-8-15-13(2,3)4/h5-6,9,14-16H,7-8H2,1-4H3. The smallest absolute Gasteiger partial charge is 0.115 e. The van der Waals surface area contributed by atoms with Gasteiger partial charge in [0.15, 0.2) is 0 Å². The first-order chi connectivity index (χ1) is 7.38. The number of anilines is 1. The second-order valence-corrected chi connectivity index (χ2v) is 5.10. The number of phenolic OH excluding ortho intramolecular Hbond substituents is 1. The van der Waals surface area contributed by atoms with E-state index in [1.807, 2.05) is 13.0 Å². The molecule has 1 aromatic carbocycles. The molecular weight excluding hydrogens is 200 g/mol. The number of aryl methyl sites for hydroxylation is 1. The van der Waals surface area contributed by atoms with Crippen LogP contribution in [0.5, 0.6) is 5.75 Å². The fourth-order valence-corrected chi connectivity index (χ4v) is 1.48. The molecule has 0 aromatic heterocycles. The Bertz CT molecular complexity index is 342. The minimum atomic E-state index is 0.158. The highest BCUT2D eigenvalue weighted by Gasteiger charge is 2.07. The molecule has 0 unspecified atom stereocenters. The van der Waals surface area contributed by atoms with E-state index in [0.29, 0.717) is 5.75 Å². The largest absolute Gasteiger partial charge is 0.508 e. The zero-order valence-corrected chi connectivity index (χ0v) is 10.6. The van der Waals surface area contributed by atoms with Crippen molar-refractivity contribution in [3.8, 4) is 5.75 Å². The van der Waals surface area contributed by atoms with Gasteiger partial charge in [-0.1, -0.05) is 0 Å². The molecule has 0 heterocycles. The summed E-state index contributed by atoms with van der Waals surface area (Å²) in [6, 6.07) is 5.37. The summed E-state index contributed by atoms with van der Waals surface area (Å²) < 4.78 is 0. The van der Waals surface area contributed by atoms with E-state index in [-0.39, 0.29) is 5.54 Å². The van der Waals surface area contributed by atoms with Gasteiger partial charge in [-0.25, -0.2) is 0 Å². The lowest BCUT2D eigenvalue weighted by atomic mass is 10.1. The predicted molar refractivity (Wildman–Crippen MR) is 69.1 cm³/mol. The molecule has 0 aliphatic rings. The molecule has 3 nitrogen and oxygen atoms in total. The van der Waals surface area contributed by atoms with Crippen LogP contribution in [0.15, 0.2) is 18.2 Å². The summed E-state index contributed by atoms with van der Waals surface area (Å²) in [5.41, 5.74) is 2.30. The molecule has 3 N–H and O–H groups in total. The van der Waals surface area contributed by atoms with E-state index in [4.69, 9.17) is 0 Å². The van der Waals surface area contributed by atoms with Gasteiger partial charge >= 0.3 is 0 Å². The van der Waals surface area contributed by atoms with Crippen LogP contribution >= 0.6 is 0 Å². The molecule has 3 heteroatoms. The maximum atomic E-state index is 9.28. The number of nitrogens with one attached hydrogen (secondary N) is 2. The number of hydrogen-bond donors (Lipinski definition) is 3. The monoisotopic (exact) mass is 222 g/mol. The third kappa shape index (κ3) is 4.53. The molecule has 0 saturated heterocycles. The molecular formula is C13H22N2O. The first-order valence-corrected chi connectivity index (χ1v) is 5.67. The molecule has 0 radical (unpaired) electrons. The van der Waals surface area contributed by atoms with E-state index in [0.717, 1.165) is 24.3 Å². The first-order valence-electron chi connectivity index (χ1n) is 5.67. The quantitative estimate of drug-likeness (QED) is 0.542. The zero-order valence-electron chi connectivity index (χ0n) is 10.6. The number of benzene rings is 1. The molecule has 16 heavy (non-hydrogen) atoms. The number of aromatic hydroxyl groups is 1. The van der Waals surface area contributed by atoms with Crippen LogP contribution < -0.4 is 10.6 Å². The lowest BCUT2D eigenvalue weighted by molar-refractivity contribution is 0.435. The Morgan fingerprint density at radius 1 is 1.19 bits per heavy atom.